The molecule has 2 nitrogen and oxygen atoms in total. The van der Waals surface area contributed by atoms with Gasteiger partial charge in [-0.25, -0.2) is 4.98 Å². The van der Waals surface area contributed by atoms with E-state index in [2.05, 4.69) is 29.1 Å². The molecular formula is C11H17ClN2S. The summed E-state index contributed by atoms with van der Waals surface area (Å²) in [7, 11) is 0. The zero-order valence-corrected chi connectivity index (χ0v) is 10.8. The third kappa shape index (κ3) is 2.45. The highest BCUT2D eigenvalue weighted by atomic mass is 35.5. The van der Waals surface area contributed by atoms with E-state index in [0.29, 0.717) is 5.88 Å². The van der Waals surface area contributed by atoms with Crippen LogP contribution in [-0.4, -0.2) is 18.1 Å². The maximum absolute atomic E-state index is 5.75. The molecule has 0 amide bonds. The van der Waals surface area contributed by atoms with E-state index in [1.54, 1.807) is 11.3 Å². The van der Waals surface area contributed by atoms with Gasteiger partial charge in [-0.3, -0.25) is 0 Å². The molecule has 2 heterocycles. The number of thiazole rings is 1. The largest absolute Gasteiger partial charge is 0.348 e. The average molecular weight is 245 g/mol. The fourth-order valence-electron chi connectivity index (χ4n) is 2.01. The van der Waals surface area contributed by atoms with Crippen molar-refractivity contribution >= 4 is 28.1 Å². The number of nitrogens with zero attached hydrogens (tertiary/aromatic N) is 2. The second-order valence-electron chi connectivity index (χ2n) is 4.49. The molecule has 2 rings (SSSR count). The summed E-state index contributed by atoms with van der Waals surface area (Å²) in [4.78, 5) is 6.91. The summed E-state index contributed by atoms with van der Waals surface area (Å²) in [5.74, 6) is 2.13. The molecule has 0 saturated carbocycles. The van der Waals surface area contributed by atoms with Crippen LogP contribution in [0.25, 0.3) is 0 Å². The SMILES string of the molecule is CC(C)C1CCN(c2nc(CCl)cs2)C1. The van der Waals surface area contributed by atoms with E-state index in [-0.39, 0.29) is 0 Å². The normalized spacial score (nSPS) is 21.6. The third-order valence-electron chi connectivity index (χ3n) is 3.11. The number of aromatic nitrogens is 1. The summed E-state index contributed by atoms with van der Waals surface area (Å²) >= 11 is 7.47. The van der Waals surface area contributed by atoms with Gasteiger partial charge in [0.25, 0.3) is 0 Å². The number of anilines is 1. The van der Waals surface area contributed by atoms with Crippen molar-refractivity contribution in [1.29, 1.82) is 0 Å². The highest BCUT2D eigenvalue weighted by molar-refractivity contribution is 7.13. The van der Waals surface area contributed by atoms with Crippen LogP contribution in [0.4, 0.5) is 5.13 Å². The van der Waals surface area contributed by atoms with Gasteiger partial charge >= 0.3 is 0 Å². The van der Waals surface area contributed by atoms with Crippen molar-refractivity contribution in [3.05, 3.63) is 11.1 Å². The van der Waals surface area contributed by atoms with E-state index in [1.807, 2.05) is 0 Å². The van der Waals surface area contributed by atoms with Crippen LogP contribution in [0.2, 0.25) is 0 Å². The highest BCUT2D eigenvalue weighted by Gasteiger charge is 2.26. The van der Waals surface area contributed by atoms with Crippen molar-refractivity contribution in [2.24, 2.45) is 11.8 Å². The first-order chi connectivity index (χ1) is 7.20. The Bertz CT molecular complexity index is 324. The Morgan fingerprint density at radius 1 is 1.67 bits per heavy atom. The topological polar surface area (TPSA) is 16.1 Å². The molecule has 0 bridgehead atoms. The molecule has 1 aliphatic heterocycles. The Balaban J connectivity index is 2.01. The van der Waals surface area contributed by atoms with E-state index in [9.17, 15) is 0 Å². The molecule has 1 saturated heterocycles. The second-order valence-corrected chi connectivity index (χ2v) is 5.60. The van der Waals surface area contributed by atoms with Crippen LogP contribution >= 0.6 is 22.9 Å². The third-order valence-corrected chi connectivity index (χ3v) is 4.34. The quantitative estimate of drug-likeness (QED) is 0.758. The second kappa shape index (κ2) is 4.71. The Labute approximate surface area is 100 Å². The van der Waals surface area contributed by atoms with Gasteiger partial charge in [0.05, 0.1) is 11.6 Å². The van der Waals surface area contributed by atoms with Crippen LogP contribution in [0.1, 0.15) is 26.0 Å². The Morgan fingerprint density at radius 3 is 3.00 bits per heavy atom. The average Bonchev–Trinajstić information content (AvgIpc) is 2.86. The van der Waals surface area contributed by atoms with Gasteiger partial charge in [0.15, 0.2) is 5.13 Å². The number of halogens is 1. The van der Waals surface area contributed by atoms with E-state index in [4.69, 9.17) is 11.6 Å². The number of rotatable bonds is 3. The van der Waals surface area contributed by atoms with Crippen molar-refractivity contribution < 1.29 is 0 Å². The van der Waals surface area contributed by atoms with Crippen molar-refractivity contribution in [2.75, 3.05) is 18.0 Å². The zero-order chi connectivity index (χ0) is 10.8. The standard InChI is InChI=1S/C11H17ClN2S/c1-8(2)9-3-4-14(6-9)11-13-10(5-12)7-15-11/h7-9H,3-6H2,1-2H3. The Hall–Kier alpha value is -0.280. The van der Waals surface area contributed by atoms with Crippen molar-refractivity contribution in [3.63, 3.8) is 0 Å². The molecule has 1 fully saturated rings. The van der Waals surface area contributed by atoms with Crippen LogP contribution in [0, 0.1) is 11.8 Å². The van der Waals surface area contributed by atoms with Gasteiger partial charge in [0.1, 0.15) is 0 Å². The Kier molecular flexibility index (Phi) is 3.52. The van der Waals surface area contributed by atoms with Crippen LogP contribution in [0.5, 0.6) is 0 Å². The minimum Gasteiger partial charge on any atom is -0.348 e. The van der Waals surface area contributed by atoms with Crippen LogP contribution in [0.3, 0.4) is 0 Å². The number of alkyl halides is 1. The molecule has 1 aliphatic rings. The van der Waals surface area contributed by atoms with Crippen molar-refractivity contribution in [1.82, 2.24) is 4.98 Å². The fourth-order valence-corrected chi connectivity index (χ4v) is 3.10. The van der Waals surface area contributed by atoms with E-state index in [0.717, 1.165) is 35.8 Å². The molecule has 0 radical (unpaired) electrons. The molecule has 0 N–H and O–H groups in total. The van der Waals surface area contributed by atoms with Crippen molar-refractivity contribution in [3.8, 4) is 0 Å². The monoisotopic (exact) mass is 244 g/mol. The van der Waals surface area contributed by atoms with E-state index >= 15 is 0 Å². The molecule has 1 aromatic heterocycles. The predicted octanol–water partition coefficient (Wildman–Crippen LogP) is 3.36. The lowest BCUT2D eigenvalue weighted by atomic mass is 9.95. The van der Waals surface area contributed by atoms with Crippen LogP contribution in [-0.2, 0) is 5.88 Å². The molecule has 1 atom stereocenters. The van der Waals surface area contributed by atoms with Gasteiger partial charge in [-0.15, -0.1) is 22.9 Å². The first-order valence-corrected chi connectivity index (χ1v) is 6.87. The minimum atomic E-state index is 0.526. The highest BCUT2D eigenvalue weighted by Crippen LogP contribution is 2.30. The van der Waals surface area contributed by atoms with Crippen LogP contribution in [0.15, 0.2) is 5.38 Å². The predicted molar refractivity (Wildman–Crippen MR) is 66.8 cm³/mol. The summed E-state index contributed by atoms with van der Waals surface area (Å²) in [5.41, 5.74) is 1.00. The van der Waals surface area contributed by atoms with E-state index < -0.39 is 0 Å². The number of hydrogen-bond donors (Lipinski definition) is 0. The summed E-state index contributed by atoms with van der Waals surface area (Å²) in [6.07, 6.45) is 1.30. The lowest BCUT2D eigenvalue weighted by Crippen LogP contribution is -2.20. The van der Waals surface area contributed by atoms with Gasteiger partial charge in [-0.05, 0) is 18.3 Å². The summed E-state index contributed by atoms with van der Waals surface area (Å²) in [5, 5.41) is 3.21. The molecule has 4 heteroatoms. The van der Waals surface area contributed by atoms with Gasteiger partial charge in [0.2, 0.25) is 0 Å². The lowest BCUT2D eigenvalue weighted by Gasteiger charge is -2.16. The molecule has 0 aromatic carbocycles. The van der Waals surface area contributed by atoms with Gasteiger partial charge in [0, 0.05) is 18.5 Å². The molecule has 1 unspecified atom stereocenters. The minimum absolute atomic E-state index is 0.526. The summed E-state index contributed by atoms with van der Waals surface area (Å²) in [6, 6.07) is 0. The molecule has 0 aliphatic carbocycles. The Morgan fingerprint density at radius 2 is 2.47 bits per heavy atom. The number of hydrogen-bond acceptors (Lipinski definition) is 3. The van der Waals surface area contributed by atoms with Gasteiger partial charge in [-0.1, -0.05) is 13.8 Å². The van der Waals surface area contributed by atoms with E-state index in [1.165, 1.54) is 6.42 Å². The summed E-state index contributed by atoms with van der Waals surface area (Å²) in [6.45, 7) is 6.92. The molecule has 0 spiro atoms. The fraction of sp³-hybridized carbons (Fsp3) is 0.727. The van der Waals surface area contributed by atoms with Gasteiger partial charge < -0.3 is 4.90 Å². The van der Waals surface area contributed by atoms with Gasteiger partial charge in [-0.2, -0.15) is 0 Å². The molecule has 15 heavy (non-hydrogen) atoms. The first-order valence-electron chi connectivity index (χ1n) is 5.46. The molecule has 1 aromatic rings. The molecular weight excluding hydrogens is 228 g/mol. The summed E-state index contributed by atoms with van der Waals surface area (Å²) < 4.78 is 0. The lowest BCUT2D eigenvalue weighted by molar-refractivity contribution is 0.422. The molecule has 84 valence electrons. The zero-order valence-electron chi connectivity index (χ0n) is 9.24. The van der Waals surface area contributed by atoms with Crippen molar-refractivity contribution in [2.45, 2.75) is 26.1 Å². The maximum atomic E-state index is 5.75. The maximum Gasteiger partial charge on any atom is 0.185 e. The smallest absolute Gasteiger partial charge is 0.185 e. The van der Waals surface area contributed by atoms with Crippen LogP contribution < -0.4 is 4.90 Å². The first kappa shape index (κ1) is 11.2.